The molecule has 0 bridgehead atoms. The number of benzene rings is 1. The molecule has 1 aromatic rings. The molecule has 1 fully saturated rings. The van der Waals surface area contributed by atoms with Crippen LogP contribution in [-0.4, -0.2) is 36.0 Å². The molecule has 0 aromatic heterocycles. The van der Waals surface area contributed by atoms with Crippen molar-refractivity contribution < 1.29 is 13.2 Å². The van der Waals surface area contributed by atoms with E-state index in [1.807, 2.05) is 31.2 Å². The normalized spacial score (nSPS) is 23.6. The van der Waals surface area contributed by atoms with Crippen molar-refractivity contribution in [2.45, 2.75) is 32.4 Å². The lowest BCUT2D eigenvalue weighted by Gasteiger charge is -2.37. The van der Waals surface area contributed by atoms with Gasteiger partial charge >= 0.3 is 6.03 Å². The molecule has 0 N–H and O–H groups in total. The zero-order valence-electron chi connectivity index (χ0n) is 11.4. The first-order valence-electron chi connectivity index (χ1n) is 6.93. The second-order valence-electron chi connectivity index (χ2n) is 5.33. The Balaban J connectivity index is 1.95. The fourth-order valence-electron chi connectivity index (χ4n) is 2.93. The maximum Gasteiger partial charge on any atom is 0.334 e. The predicted molar refractivity (Wildman–Crippen MR) is 75.5 cm³/mol. The van der Waals surface area contributed by atoms with Gasteiger partial charge in [-0.15, -0.1) is 0 Å². The van der Waals surface area contributed by atoms with Crippen LogP contribution in [-0.2, 0) is 16.6 Å². The van der Waals surface area contributed by atoms with Gasteiger partial charge < -0.3 is 4.90 Å². The first-order valence-corrected chi connectivity index (χ1v) is 8.54. The van der Waals surface area contributed by atoms with Gasteiger partial charge in [-0.1, -0.05) is 37.6 Å². The summed E-state index contributed by atoms with van der Waals surface area (Å²) in [4.78, 5) is 14.2. The second kappa shape index (κ2) is 4.77. The molecule has 0 saturated carbocycles. The maximum atomic E-state index is 12.5. The smallest absolute Gasteiger partial charge is 0.311 e. The number of hydrogen-bond donors (Lipinski definition) is 0. The first-order chi connectivity index (χ1) is 9.54. The molecule has 1 saturated heterocycles. The van der Waals surface area contributed by atoms with E-state index in [0.29, 0.717) is 13.0 Å². The van der Waals surface area contributed by atoms with E-state index in [1.54, 1.807) is 4.90 Å². The van der Waals surface area contributed by atoms with Gasteiger partial charge in [0.25, 0.3) is 0 Å². The highest BCUT2D eigenvalue weighted by Crippen LogP contribution is 2.39. The Labute approximate surface area is 119 Å². The fraction of sp³-hybridized carbons (Fsp3) is 0.500. The lowest BCUT2D eigenvalue weighted by molar-refractivity contribution is 0.156. The molecule has 1 aromatic carbocycles. The van der Waals surface area contributed by atoms with E-state index >= 15 is 0 Å². The van der Waals surface area contributed by atoms with Crippen molar-refractivity contribution in [2.24, 2.45) is 0 Å². The molecule has 6 heteroatoms. The summed E-state index contributed by atoms with van der Waals surface area (Å²) in [5, 5.41) is 0. The third kappa shape index (κ3) is 1.98. The largest absolute Gasteiger partial charge is 0.334 e. The monoisotopic (exact) mass is 294 g/mol. The molecule has 2 aliphatic rings. The topological polar surface area (TPSA) is 57.7 Å². The van der Waals surface area contributed by atoms with Gasteiger partial charge in [-0.2, -0.15) is 0 Å². The number of sulfonamides is 1. The zero-order valence-corrected chi connectivity index (χ0v) is 12.3. The van der Waals surface area contributed by atoms with E-state index in [1.165, 1.54) is 0 Å². The average molecular weight is 294 g/mol. The van der Waals surface area contributed by atoms with Crippen molar-refractivity contribution in [1.82, 2.24) is 9.21 Å². The average Bonchev–Trinajstić information content (AvgIpc) is 2.77. The van der Waals surface area contributed by atoms with Gasteiger partial charge in [0.1, 0.15) is 0 Å². The van der Waals surface area contributed by atoms with Crippen LogP contribution >= 0.6 is 0 Å². The first kappa shape index (κ1) is 13.4. The Morgan fingerprint density at radius 2 is 2.05 bits per heavy atom. The van der Waals surface area contributed by atoms with Crippen LogP contribution in [0.1, 0.15) is 36.9 Å². The molecule has 1 unspecified atom stereocenters. The maximum absolute atomic E-state index is 12.5. The molecule has 1 atom stereocenters. The molecule has 0 spiro atoms. The Morgan fingerprint density at radius 3 is 2.80 bits per heavy atom. The third-order valence-electron chi connectivity index (χ3n) is 4.01. The Morgan fingerprint density at radius 1 is 1.30 bits per heavy atom. The van der Waals surface area contributed by atoms with E-state index in [0.717, 1.165) is 21.9 Å². The lowest BCUT2D eigenvalue weighted by Crippen LogP contribution is -2.53. The van der Waals surface area contributed by atoms with Gasteiger partial charge in [-0.25, -0.2) is 17.5 Å². The quantitative estimate of drug-likeness (QED) is 0.858. The van der Waals surface area contributed by atoms with E-state index in [2.05, 4.69) is 0 Å². The molecule has 108 valence electrons. The van der Waals surface area contributed by atoms with Crippen molar-refractivity contribution in [3.63, 3.8) is 0 Å². The van der Waals surface area contributed by atoms with Crippen LogP contribution < -0.4 is 0 Å². The van der Waals surface area contributed by atoms with Crippen LogP contribution in [0, 0.1) is 0 Å². The number of unbranched alkanes of at least 4 members (excludes halogenated alkanes) is 1. The van der Waals surface area contributed by atoms with Crippen molar-refractivity contribution in [2.75, 3.05) is 12.3 Å². The molecule has 2 amide bonds. The van der Waals surface area contributed by atoms with Crippen LogP contribution in [0.2, 0.25) is 0 Å². The number of nitrogens with zero attached hydrogens (tertiary/aromatic N) is 2. The summed E-state index contributed by atoms with van der Waals surface area (Å²) in [5.74, 6) is -0.000528. The fourth-order valence-corrected chi connectivity index (χ4v) is 4.62. The third-order valence-corrected chi connectivity index (χ3v) is 5.76. The molecule has 5 nitrogen and oxygen atoms in total. The standard InChI is InChI=1S/C14H18N2O3S/c1-2-3-8-16-14(17)15-9-11-6-4-5-7-12(11)13(15)10-20(16,18)19/h4-7,13H,2-3,8-10H2,1H3. The molecule has 2 aliphatic heterocycles. The summed E-state index contributed by atoms with van der Waals surface area (Å²) in [6, 6.07) is 7.01. The van der Waals surface area contributed by atoms with Gasteiger partial charge in [-0.3, -0.25) is 0 Å². The molecular weight excluding hydrogens is 276 g/mol. The van der Waals surface area contributed by atoms with E-state index in [-0.39, 0.29) is 24.4 Å². The summed E-state index contributed by atoms with van der Waals surface area (Å²) < 4.78 is 25.7. The summed E-state index contributed by atoms with van der Waals surface area (Å²) in [6.45, 7) is 2.78. The Kier molecular flexibility index (Phi) is 3.20. The number of urea groups is 1. The van der Waals surface area contributed by atoms with Crippen LogP contribution in [0.4, 0.5) is 4.79 Å². The van der Waals surface area contributed by atoms with Crippen LogP contribution in [0.3, 0.4) is 0 Å². The number of rotatable bonds is 3. The minimum absolute atomic E-state index is 0.000528. The summed E-state index contributed by atoms with van der Waals surface area (Å²) in [7, 11) is -3.50. The van der Waals surface area contributed by atoms with Crippen molar-refractivity contribution in [3.8, 4) is 0 Å². The molecule has 20 heavy (non-hydrogen) atoms. The zero-order chi connectivity index (χ0) is 14.3. The van der Waals surface area contributed by atoms with Crippen LogP contribution in [0.5, 0.6) is 0 Å². The number of hydrogen-bond acceptors (Lipinski definition) is 3. The van der Waals surface area contributed by atoms with Gasteiger partial charge in [0.15, 0.2) is 0 Å². The summed E-state index contributed by atoms with van der Waals surface area (Å²) >= 11 is 0. The van der Waals surface area contributed by atoms with Gasteiger partial charge in [0.05, 0.1) is 11.8 Å². The predicted octanol–water partition coefficient (Wildman–Crippen LogP) is 2.11. The lowest BCUT2D eigenvalue weighted by atomic mass is 10.1. The van der Waals surface area contributed by atoms with E-state index in [9.17, 15) is 13.2 Å². The van der Waals surface area contributed by atoms with Crippen molar-refractivity contribution in [3.05, 3.63) is 35.4 Å². The number of carbonyl (C=O) groups excluding carboxylic acids is 1. The SMILES string of the molecule is CCCCN1C(=O)N2Cc3ccccc3C2CS1(=O)=O. The van der Waals surface area contributed by atoms with Gasteiger partial charge in [-0.05, 0) is 17.5 Å². The van der Waals surface area contributed by atoms with Crippen LogP contribution in [0.15, 0.2) is 24.3 Å². The minimum Gasteiger partial charge on any atom is -0.311 e. The van der Waals surface area contributed by atoms with Gasteiger partial charge in [0.2, 0.25) is 10.0 Å². The Bertz CT molecular complexity index is 642. The van der Waals surface area contributed by atoms with Crippen LogP contribution in [0.25, 0.3) is 0 Å². The molecule has 0 radical (unpaired) electrons. The molecule has 2 heterocycles. The van der Waals surface area contributed by atoms with Crippen molar-refractivity contribution in [1.29, 1.82) is 0 Å². The summed E-state index contributed by atoms with van der Waals surface area (Å²) in [6.07, 6.45) is 1.57. The minimum atomic E-state index is -3.50. The highest BCUT2D eigenvalue weighted by Gasteiger charge is 2.46. The molecule has 3 rings (SSSR count). The number of fused-ring (bicyclic) bond motifs is 3. The Hall–Kier alpha value is -1.56. The number of amides is 2. The number of carbonyl (C=O) groups is 1. The van der Waals surface area contributed by atoms with Gasteiger partial charge in [0, 0.05) is 13.1 Å². The second-order valence-corrected chi connectivity index (χ2v) is 7.27. The summed E-state index contributed by atoms with van der Waals surface area (Å²) in [5.41, 5.74) is 2.03. The highest BCUT2D eigenvalue weighted by molar-refractivity contribution is 7.89. The highest BCUT2D eigenvalue weighted by atomic mass is 32.2. The van der Waals surface area contributed by atoms with E-state index < -0.39 is 10.0 Å². The molecule has 0 aliphatic carbocycles. The molecular formula is C14H18N2O3S. The van der Waals surface area contributed by atoms with Crippen molar-refractivity contribution >= 4 is 16.1 Å². The van der Waals surface area contributed by atoms with E-state index in [4.69, 9.17) is 0 Å².